The molecule has 1 aliphatic carbocycles. The lowest BCUT2D eigenvalue weighted by Gasteiger charge is -2.34. The maximum Gasteiger partial charge on any atom is 0.306 e. The average Bonchev–Trinajstić information content (AvgIpc) is 2.04. The van der Waals surface area contributed by atoms with E-state index in [-0.39, 0.29) is 12.1 Å². The van der Waals surface area contributed by atoms with Gasteiger partial charge in [0, 0.05) is 6.42 Å². The highest BCUT2D eigenvalue weighted by Gasteiger charge is 2.32. The first-order valence-corrected chi connectivity index (χ1v) is 4.56. The molecule has 0 aromatic heterocycles. The molecule has 0 bridgehead atoms. The fraction of sp³-hybridized carbons (Fsp3) is 0.889. The van der Waals surface area contributed by atoms with Gasteiger partial charge in [0.15, 0.2) is 0 Å². The van der Waals surface area contributed by atoms with Crippen LogP contribution in [0.2, 0.25) is 0 Å². The van der Waals surface area contributed by atoms with E-state index >= 15 is 0 Å². The lowest BCUT2D eigenvalue weighted by molar-refractivity contribution is -0.160. The summed E-state index contributed by atoms with van der Waals surface area (Å²) in [6.45, 7) is 0. The fourth-order valence-corrected chi connectivity index (χ4v) is 2.19. The van der Waals surface area contributed by atoms with Crippen molar-refractivity contribution in [2.45, 2.75) is 44.6 Å². The van der Waals surface area contributed by atoms with Crippen molar-refractivity contribution in [2.75, 3.05) is 0 Å². The summed E-state index contributed by atoms with van der Waals surface area (Å²) in [5.41, 5.74) is 0. The molecule has 2 aliphatic rings. The minimum absolute atomic E-state index is 0.0214. The van der Waals surface area contributed by atoms with Crippen LogP contribution >= 0.6 is 0 Å². The third kappa shape index (κ3) is 1.39. The second-order valence-electron chi connectivity index (χ2n) is 3.61. The van der Waals surface area contributed by atoms with E-state index in [0.717, 1.165) is 12.8 Å². The zero-order chi connectivity index (χ0) is 7.68. The zero-order valence-corrected chi connectivity index (χ0v) is 6.71. The van der Waals surface area contributed by atoms with Gasteiger partial charge in [-0.05, 0) is 31.6 Å². The fourth-order valence-electron chi connectivity index (χ4n) is 2.19. The number of esters is 1. The van der Waals surface area contributed by atoms with Crippen LogP contribution < -0.4 is 0 Å². The average molecular weight is 154 g/mol. The largest absolute Gasteiger partial charge is 0.462 e. The lowest BCUT2D eigenvalue weighted by Crippen LogP contribution is -2.34. The third-order valence-corrected chi connectivity index (χ3v) is 2.84. The van der Waals surface area contributed by atoms with E-state index in [1.54, 1.807) is 0 Å². The molecule has 0 amide bonds. The van der Waals surface area contributed by atoms with Crippen LogP contribution in [0.1, 0.15) is 38.5 Å². The van der Waals surface area contributed by atoms with Crippen molar-refractivity contribution >= 4 is 5.97 Å². The molecule has 11 heavy (non-hydrogen) atoms. The number of carbonyl (C=O) groups excluding carboxylic acids is 1. The van der Waals surface area contributed by atoms with E-state index < -0.39 is 0 Å². The first-order chi connectivity index (χ1) is 5.36. The Bertz CT molecular complexity index is 165. The zero-order valence-electron chi connectivity index (χ0n) is 6.71. The van der Waals surface area contributed by atoms with E-state index in [2.05, 4.69) is 0 Å². The molecule has 1 unspecified atom stereocenters. The highest BCUT2D eigenvalue weighted by atomic mass is 16.5. The molecule has 0 radical (unpaired) electrons. The summed E-state index contributed by atoms with van der Waals surface area (Å²) in [5.74, 6) is 0.717. The predicted octanol–water partition coefficient (Wildman–Crippen LogP) is 1.88. The van der Waals surface area contributed by atoms with Gasteiger partial charge in [-0.15, -0.1) is 0 Å². The monoisotopic (exact) mass is 154 g/mol. The Hall–Kier alpha value is -0.530. The van der Waals surface area contributed by atoms with Crippen LogP contribution in [0, 0.1) is 5.92 Å². The molecule has 2 atom stereocenters. The minimum atomic E-state index is 0.0214. The van der Waals surface area contributed by atoms with Gasteiger partial charge in [-0.3, -0.25) is 4.79 Å². The molecule has 1 saturated carbocycles. The van der Waals surface area contributed by atoms with E-state index in [9.17, 15) is 4.79 Å². The predicted molar refractivity (Wildman–Crippen MR) is 41.1 cm³/mol. The standard InChI is InChI=1S/C9H14O2/c10-9-6-5-7-3-1-2-4-8(7)11-9/h7-8H,1-6H2/t7?,8-/m0/s1. The van der Waals surface area contributed by atoms with E-state index in [1.165, 1.54) is 19.3 Å². The second kappa shape index (κ2) is 2.84. The van der Waals surface area contributed by atoms with Gasteiger partial charge < -0.3 is 4.74 Å². The summed E-state index contributed by atoms with van der Waals surface area (Å²) >= 11 is 0. The van der Waals surface area contributed by atoms with E-state index in [1.807, 2.05) is 0 Å². The number of rotatable bonds is 0. The van der Waals surface area contributed by atoms with Crippen LogP contribution in [-0.2, 0) is 9.53 Å². The van der Waals surface area contributed by atoms with Crippen LogP contribution in [0.3, 0.4) is 0 Å². The Balaban J connectivity index is 1.98. The Morgan fingerprint density at radius 3 is 2.91 bits per heavy atom. The van der Waals surface area contributed by atoms with Crippen molar-refractivity contribution in [3.8, 4) is 0 Å². The first-order valence-electron chi connectivity index (χ1n) is 4.56. The van der Waals surface area contributed by atoms with Crippen molar-refractivity contribution in [3.05, 3.63) is 0 Å². The first kappa shape index (κ1) is 7.14. The molecule has 2 rings (SSSR count). The molecule has 0 spiro atoms. The van der Waals surface area contributed by atoms with Gasteiger partial charge in [-0.25, -0.2) is 0 Å². The summed E-state index contributed by atoms with van der Waals surface area (Å²) in [6.07, 6.45) is 6.97. The van der Waals surface area contributed by atoms with Crippen molar-refractivity contribution in [1.82, 2.24) is 0 Å². The molecular weight excluding hydrogens is 140 g/mol. The van der Waals surface area contributed by atoms with Crippen LogP contribution in [0.5, 0.6) is 0 Å². The van der Waals surface area contributed by atoms with Crippen molar-refractivity contribution < 1.29 is 9.53 Å². The second-order valence-corrected chi connectivity index (χ2v) is 3.61. The number of ether oxygens (including phenoxy) is 1. The maximum absolute atomic E-state index is 10.9. The Labute approximate surface area is 66.9 Å². The van der Waals surface area contributed by atoms with Gasteiger partial charge >= 0.3 is 5.97 Å². The van der Waals surface area contributed by atoms with Crippen LogP contribution in [0.15, 0.2) is 0 Å². The molecule has 2 heteroatoms. The Morgan fingerprint density at radius 2 is 2.00 bits per heavy atom. The molecule has 0 aromatic rings. The van der Waals surface area contributed by atoms with Crippen LogP contribution in [-0.4, -0.2) is 12.1 Å². The molecule has 1 saturated heterocycles. The summed E-state index contributed by atoms with van der Waals surface area (Å²) in [4.78, 5) is 10.9. The van der Waals surface area contributed by atoms with Gasteiger partial charge in [0.05, 0.1) is 0 Å². The summed E-state index contributed by atoms with van der Waals surface area (Å²) in [5, 5.41) is 0. The third-order valence-electron chi connectivity index (χ3n) is 2.84. The van der Waals surface area contributed by atoms with Gasteiger partial charge in [0.2, 0.25) is 0 Å². The highest BCUT2D eigenvalue weighted by Crippen LogP contribution is 2.33. The quantitative estimate of drug-likeness (QED) is 0.498. The van der Waals surface area contributed by atoms with Gasteiger partial charge in [-0.2, -0.15) is 0 Å². The Morgan fingerprint density at radius 1 is 1.18 bits per heavy atom. The molecule has 0 aromatic carbocycles. The van der Waals surface area contributed by atoms with Gasteiger partial charge in [0.25, 0.3) is 0 Å². The molecule has 1 aliphatic heterocycles. The summed E-state index contributed by atoms with van der Waals surface area (Å²) in [7, 11) is 0. The molecule has 0 N–H and O–H groups in total. The van der Waals surface area contributed by atoms with E-state index in [4.69, 9.17) is 4.74 Å². The number of hydrogen-bond donors (Lipinski definition) is 0. The molecule has 2 fully saturated rings. The highest BCUT2D eigenvalue weighted by molar-refractivity contribution is 5.70. The molecular formula is C9H14O2. The number of fused-ring (bicyclic) bond motifs is 1. The topological polar surface area (TPSA) is 26.3 Å². The van der Waals surface area contributed by atoms with Crippen molar-refractivity contribution in [2.24, 2.45) is 5.92 Å². The van der Waals surface area contributed by atoms with Crippen molar-refractivity contribution in [1.29, 1.82) is 0 Å². The molecule has 1 heterocycles. The van der Waals surface area contributed by atoms with Gasteiger partial charge in [-0.1, -0.05) is 6.42 Å². The van der Waals surface area contributed by atoms with Crippen molar-refractivity contribution in [3.63, 3.8) is 0 Å². The SMILES string of the molecule is O=C1CCC2CCCC[C@@H]2O1. The normalized spacial score (nSPS) is 37.6. The maximum atomic E-state index is 10.9. The van der Waals surface area contributed by atoms with E-state index in [0.29, 0.717) is 12.3 Å². The molecule has 2 nitrogen and oxygen atoms in total. The lowest BCUT2D eigenvalue weighted by atomic mass is 9.82. The Kier molecular flexibility index (Phi) is 1.84. The smallest absolute Gasteiger partial charge is 0.306 e. The van der Waals surface area contributed by atoms with Crippen LogP contribution in [0.25, 0.3) is 0 Å². The molecule has 62 valence electrons. The number of carbonyl (C=O) groups is 1. The van der Waals surface area contributed by atoms with Gasteiger partial charge in [0.1, 0.15) is 6.10 Å². The van der Waals surface area contributed by atoms with Crippen LogP contribution in [0.4, 0.5) is 0 Å². The summed E-state index contributed by atoms with van der Waals surface area (Å²) < 4.78 is 5.25. The summed E-state index contributed by atoms with van der Waals surface area (Å²) in [6, 6.07) is 0. The number of hydrogen-bond acceptors (Lipinski definition) is 2. The minimum Gasteiger partial charge on any atom is -0.462 e.